The summed E-state index contributed by atoms with van der Waals surface area (Å²) in [6, 6.07) is 11.5. The normalized spacial score (nSPS) is 15.1. The molecule has 0 saturated carbocycles. The summed E-state index contributed by atoms with van der Waals surface area (Å²) < 4.78 is 10.9. The van der Waals surface area contributed by atoms with E-state index in [9.17, 15) is 4.79 Å². The third kappa shape index (κ3) is 4.86. The third-order valence-electron chi connectivity index (χ3n) is 4.16. The zero-order chi connectivity index (χ0) is 16.6. The summed E-state index contributed by atoms with van der Waals surface area (Å²) in [4.78, 5) is 14.3. The van der Waals surface area contributed by atoms with E-state index in [-0.39, 0.29) is 6.03 Å². The van der Waals surface area contributed by atoms with E-state index in [0.29, 0.717) is 13.2 Å². The van der Waals surface area contributed by atoms with Crippen LogP contribution in [-0.4, -0.2) is 24.0 Å². The smallest absolute Gasteiger partial charge is 0.321 e. The number of ether oxygens (including phenoxy) is 1. The lowest BCUT2D eigenvalue weighted by atomic mass is 10.2. The van der Waals surface area contributed by atoms with Crippen LogP contribution >= 0.6 is 0 Å². The van der Waals surface area contributed by atoms with Gasteiger partial charge in [0.1, 0.15) is 12.4 Å². The van der Waals surface area contributed by atoms with Crippen molar-refractivity contribution in [2.45, 2.75) is 38.9 Å². The van der Waals surface area contributed by atoms with Gasteiger partial charge in [-0.1, -0.05) is 25.0 Å². The maximum Gasteiger partial charge on any atom is 0.321 e. The maximum atomic E-state index is 12.4. The SMILES string of the molecule is O=C(Nc1cccc(COCc2ccco2)c1)N1CCCCCC1. The quantitative estimate of drug-likeness (QED) is 0.885. The Bertz CT molecular complexity index is 632. The highest BCUT2D eigenvalue weighted by atomic mass is 16.5. The van der Waals surface area contributed by atoms with Crippen LogP contribution in [0.25, 0.3) is 0 Å². The van der Waals surface area contributed by atoms with Crippen molar-refractivity contribution < 1.29 is 13.9 Å². The van der Waals surface area contributed by atoms with Gasteiger partial charge in [0.05, 0.1) is 12.9 Å². The second-order valence-corrected chi connectivity index (χ2v) is 6.10. The van der Waals surface area contributed by atoms with Crippen molar-refractivity contribution in [1.82, 2.24) is 4.90 Å². The lowest BCUT2D eigenvalue weighted by Gasteiger charge is -2.21. The zero-order valence-corrected chi connectivity index (χ0v) is 13.9. The van der Waals surface area contributed by atoms with Crippen LogP contribution in [0.5, 0.6) is 0 Å². The van der Waals surface area contributed by atoms with Crippen molar-refractivity contribution in [2.75, 3.05) is 18.4 Å². The second kappa shape index (κ2) is 8.55. The lowest BCUT2D eigenvalue weighted by Crippen LogP contribution is -2.35. The first-order valence-corrected chi connectivity index (χ1v) is 8.56. The standard InChI is InChI=1S/C19H24N2O3/c22-19(21-10-3-1-2-4-11-21)20-17-8-5-7-16(13-17)14-23-15-18-9-6-12-24-18/h5-9,12-13H,1-4,10-11,14-15H2,(H,20,22). The summed E-state index contributed by atoms with van der Waals surface area (Å²) in [6.07, 6.45) is 6.25. The number of amides is 2. The molecule has 2 aromatic rings. The van der Waals surface area contributed by atoms with Crippen LogP contribution in [-0.2, 0) is 18.0 Å². The molecule has 1 aliphatic heterocycles. The number of furan rings is 1. The van der Waals surface area contributed by atoms with Gasteiger partial charge in [0.15, 0.2) is 0 Å². The Kier molecular flexibility index (Phi) is 5.90. The van der Waals surface area contributed by atoms with E-state index in [1.807, 2.05) is 41.3 Å². The van der Waals surface area contributed by atoms with Crippen LogP contribution in [0, 0.1) is 0 Å². The highest BCUT2D eigenvalue weighted by Gasteiger charge is 2.15. The average molecular weight is 328 g/mol. The highest BCUT2D eigenvalue weighted by Crippen LogP contribution is 2.15. The number of carbonyl (C=O) groups is 1. The summed E-state index contributed by atoms with van der Waals surface area (Å²) in [5, 5.41) is 3.00. The molecule has 1 fully saturated rings. The van der Waals surface area contributed by atoms with Gasteiger partial charge in [-0.3, -0.25) is 0 Å². The molecule has 128 valence electrons. The molecule has 1 aromatic carbocycles. The van der Waals surface area contributed by atoms with E-state index in [2.05, 4.69) is 5.32 Å². The van der Waals surface area contributed by atoms with E-state index >= 15 is 0 Å². The van der Waals surface area contributed by atoms with Crippen molar-refractivity contribution in [3.05, 3.63) is 54.0 Å². The molecule has 5 heteroatoms. The number of likely N-dealkylation sites (tertiary alicyclic amines) is 1. The minimum absolute atomic E-state index is 0.00875. The number of benzene rings is 1. The fraction of sp³-hybridized carbons (Fsp3) is 0.421. The molecule has 2 heterocycles. The molecular weight excluding hydrogens is 304 g/mol. The van der Waals surface area contributed by atoms with Crippen LogP contribution in [0.15, 0.2) is 47.1 Å². The Morgan fingerprint density at radius 3 is 2.67 bits per heavy atom. The molecule has 0 unspecified atom stereocenters. The number of nitrogens with one attached hydrogen (secondary N) is 1. The van der Waals surface area contributed by atoms with Crippen LogP contribution in [0.1, 0.15) is 37.0 Å². The Hall–Kier alpha value is -2.27. The Morgan fingerprint density at radius 1 is 1.08 bits per heavy atom. The predicted molar refractivity (Wildman–Crippen MR) is 92.7 cm³/mol. The van der Waals surface area contributed by atoms with Crippen molar-refractivity contribution in [3.63, 3.8) is 0 Å². The van der Waals surface area contributed by atoms with Crippen molar-refractivity contribution in [1.29, 1.82) is 0 Å². The summed E-state index contributed by atoms with van der Waals surface area (Å²) in [5.74, 6) is 0.806. The van der Waals surface area contributed by atoms with Gasteiger partial charge < -0.3 is 19.4 Å². The molecule has 1 aliphatic rings. The molecule has 0 aliphatic carbocycles. The number of carbonyl (C=O) groups excluding carboxylic acids is 1. The molecule has 1 saturated heterocycles. The second-order valence-electron chi connectivity index (χ2n) is 6.10. The van der Waals surface area contributed by atoms with E-state index in [4.69, 9.17) is 9.15 Å². The largest absolute Gasteiger partial charge is 0.467 e. The van der Waals surface area contributed by atoms with Gasteiger partial charge in [-0.15, -0.1) is 0 Å². The van der Waals surface area contributed by atoms with E-state index < -0.39 is 0 Å². The first kappa shape index (κ1) is 16.6. The number of hydrogen-bond acceptors (Lipinski definition) is 3. The molecule has 3 rings (SSSR count). The van der Waals surface area contributed by atoms with E-state index in [0.717, 1.165) is 42.9 Å². The monoisotopic (exact) mass is 328 g/mol. The molecule has 1 N–H and O–H groups in total. The van der Waals surface area contributed by atoms with Gasteiger partial charge in [-0.25, -0.2) is 4.79 Å². The van der Waals surface area contributed by atoms with Crippen molar-refractivity contribution in [3.8, 4) is 0 Å². The van der Waals surface area contributed by atoms with Crippen LogP contribution in [0.2, 0.25) is 0 Å². The third-order valence-corrected chi connectivity index (χ3v) is 4.16. The van der Waals surface area contributed by atoms with Crippen LogP contribution in [0.4, 0.5) is 10.5 Å². The van der Waals surface area contributed by atoms with Gasteiger partial charge in [-0.05, 0) is 42.7 Å². The molecule has 0 spiro atoms. The fourth-order valence-electron chi connectivity index (χ4n) is 2.88. The first-order chi connectivity index (χ1) is 11.8. The molecule has 0 atom stereocenters. The predicted octanol–water partition coefficient (Wildman–Crippen LogP) is 4.40. The summed E-state index contributed by atoms with van der Waals surface area (Å²) in [5.41, 5.74) is 1.83. The van der Waals surface area contributed by atoms with Gasteiger partial charge in [0.25, 0.3) is 0 Å². The Labute approximate surface area is 142 Å². The zero-order valence-electron chi connectivity index (χ0n) is 13.9. The number of urea groups is 1. The summed E-state index contributed by atoms with van der Waals surface area (Å²) in [6.45, 7) is 2.61. The van der Waals surface area contributed by atoms with Gasteiger partial charge >= 0.3 is 6.03 Å². The number of hydrogen-bond donors (Lipinski definition) is 1. The Balaban J connectivity index is 1.51. The van der Waals surface area contributed by atoms with Crippen LogP contribution in [0.3, 0.4) is 0 Å². The van der Waals surface area contributed by atoms with Gasteiger partial charge in [-0.2, -0.15) is 0 Å². The molecular formula is C19H24N2O3. The first-order valence-electron chi connectivity index (χ1n) is 8.56. The molecule has 5 nitrogen and oxygen atoms in total. The average Bonchev–Trinajstić information content (AvgIpc) is 2.95. The molecule has 0 radical (unpaired) electrons. The minimum atomic E-state index is -0.00875. The van der Waals surface area contributed by atoms with Crippen molar-refractivity contribution >= 4 is 11.7 Å². The summed E-state index contributed by atoms with van der Waals surface area (Å²) >= 11 is 0. The number of rotatable bonds is 5. The topological polar surface area (TPSA) is 54.7 Å². The highest BCUT2D eigenvalue weighted by molar-refractivity contribution is 5.89. The Morgan fingerprint density at radius 2 is 1.92 bits per heavy atom. The number of nitrogens with zero attached hydrogens (tertiary/aromatic N) is 1. The molecule has 0 bridgehead atoms. The van der Waals surface area contributed by atoms with E-state index in [1.54, 1.807) is 6.26 Å². The lowest BCUT2D eigenvalue weighted by molar-refractivity contribution is 0.0930. The van der Waals surface area contributed by atoms with Gasteiger partial charge in [0.2, 0.25) is 0 Å². The molecule has 24 heavy (non-hydrogen) atoms. The van der Waals surface area contributed by atoms with E-state index in [1.165, 1.54) is 12.8 Å². The molecule has 2 amide bonds. The summed E-state index contributed by atoms with van der Waals surface area (Å²) in [7, 11) is 0. The van der Waals surface area contributed by atoms with Gasteiger partial charge in [0, 0.05) is 18.8 Å². The fourth-order valence-corrected chi connectivity index (χ4v) is 2.88. The van der Waals surface area contributed by atoms with Crippen molar-refractivity contribution in [2.24, 2.45) is 0 Å². The minimum Gasteiger partial charge on any atom is -0.467 e. The molecule has 1 aromatic heterocycles. The number of anilines is 1. The maximum absolute atomic E-state index is 12.4. The van der Waals surface area contributed by atoms with Crippen LogP contribution < -0.4 is 5.32 Å².